The number of terminal acetylenes is 1. The van der Waals surface area contributed by atoms with Gasteiger partial charge in [0.1, 0.15) is 0 Å². The molecule has 0 radical (unpaired) electrons. The molecule has 114 valence electrons. The minimum atomic E-state index is -0.516. The molecule has 1 aromatic rings. The number of rotatable bonds is 9. The summed E-state index contributed by atoms with van der Waals surface area (Å²) in [5.74, 6) is 3.52. The first kappa shape index (κ1) is 16.9. The molecule has 1 atom stereocenters. The molecule has 0 aliphatic rings. The highest BCUT2D eigenvalue weighted by Crippen LogP contribution is 2.17. The van der Waals surface area contributed by atoms with Crippen LogP contribution < -0.4 is 10.6 Å². The molecule has 0 saturated carbocycles. The Balaban J connectivity index is 2.39. The van der Waals surface area contributed by atoms with Crippen LogP contribution in [0.1, 0.15) is 18.3 Å². The number of hydrogen-bond donors (Lipinski definition) is 3. The Hall–Kier alpha value is -2.14. The molecule has 3 N–H and O–H groups in total. The van der Waals surface area contributed by atoms with Gasteiger partial charge in [0, 0.05) is 23.2 Å². The number of thioether (sulfide) groups is 1. The number of H-pyrrole nitrogens is 1. The second kappa shape index (κ2) is 8.92. The van der Waals surface area contributed by atoms with E-state index in [1.165, 1.54) is 0 Å². The smallest absolute Gasteiger partial charge is 0.274 e. The van der Waals surface area contributed by atoms with Crippen LogP contribution in [0.25, 0.3) is 0 Å². The number of imidazole rings is 1. The van der Waals surface area contributed by atoms with E-state index in [-0.39, 0.29) is 11.8 Å². The Morgan fingerprint density at radius 2 is 2.48 bits per heavy atom. The van der Waals surface area contributed by atoms with Crippen molar-refractivity contribution in [3.8, 4) is 12.3 Å². The summed E-state index contributed by atoms with van der Waals surface area (Å²) >= 11 is 1.73. The van der Waals surface area contributed by atoms with E-state index in [0.717, 1.165) is 23.3 Å². The van der Waals surface area contributed by atoms with Crippen LogP contribution in [0.2, 0.25) is 0 Å². The van der Waals surface area contributed by atoms with E-state index in [2.05, 4.69) is 26.5 Å². The predicted molar refractivity (Wildman–Crippen MR) is 84.0 cm³/mol. The number of aryl methyl sites for hydroxylation is 1. The van der Waals surface area contributed by atoms with E-state index in [0.29, 0.717) is 12.4 Å². The summed E-state index contributed by atoms with van der Waals surface area (Å²) in [5.41, 5.74) is 2.09. The standard InChI is InChI=1S/C13H19N5O2S/c1-4-5-14-13(7-18(19)20)15-6-10(2)21-8-12-11(3)16-9-17-12/h1,7,9-10,14-15H,5-6,8H2,2-3H3,(H,16,17)/b13-7-. The first-order chi connectivity index (χ1) is 10.0. The van der Waals surface area contributed by atoms with E-state index in [9.17, 15) is 10.1 Å². The van der Waals surface area contributed by atoms with Crippen molar-refractivity contribution in [3.05, 3.63) is 39.9 Å². The number of nitro groups is 1. The first-order valence-corrected chi connectivity index (χ1v) is 7.44. The first-order valence-electron chi connectivity index (χ1n) is 6.40. The van der Waals surface area contributed by atoms with Crippen molar-refractivity contribution in [3.63, 3.8) is 0 Å². The average molecular weight is 309 g/mol. The lowest BCUT2D eigenvalue weighted by Gasteiger charge is -2.14. The Bertz CT molecular complexity index is 535. The summed E-state index contributed by atoms with van der Waals surface area (Å²) in [6.45, 7) is 4.84. The van der Waals surface area contributed by atoms with E-state index < -0.39 is 4.92 Å². The van der Waals surface area contributed by atoms with Crippen molar-refractivity contribution in [1.82, 2.24) is 20.6 Å². The van der Waals surface area contributed by atoms with Gasteiger partial charge < -0.3 is 15.6 Å². The molecule has 0 saturated heterocycles. The van der Waals surface area contributed by atoms with Crippen molar-refractivity contribution in [2.75, 3.05) is 13.1 Å². The fraction of sp³-hybridized carbons (Fsp3) is 0.462. The molecule has 1 rings (SSSR count). The topological polar surface area (TPSA) is 95.9 Å². The van der Waals surface area contributed by atoms with Crippen LogP contribution in [0.3, 0.4) is 0 Å². The van der Waals surface area contributed by atoms with Crippen LogP contribution in [-0.4, -0.2) is 33.2 Å². The molecule has 1 aromatic heterocycles. The molecule has 0 aromatic carbocycles. The number of aromatic nitrogens is 2. The largest absolute Gasteiger partial charge is 0.366 e. The quantitative estimate of drug-likeness (QED) is 0.361. The van der Waals surface area contributed by atoms with Gasteiger partial charge in [0.05, 0.1) is 23.5 Å². The molecular weight excluding hydrogens is 290 g/mol. The Labute approximate surface area is 128 Å². The average Bonchev–Trinajstić information content (AvgIpc) is 2.84. The van der Waals surface area contributed by atoms with E-state index in [4.69, 9.17) is 6.42 Å². The Morgan fingerprint density at radius 3 is 3.05 bits per heavy atom. The van der Waals surface area contributed by atoms with Crippen LogP contribution in [0.5, 0.6) is 0 Å². The van der Waals surface area contributed by atoms with E-state index >= 15 is 0 Å². The summed E-state index contributed by atoms with van der Waals surface area (Å²) in [5, 5.41) is 16.6. The zero-order chi connectivity index (χ0) is 15.7. The highest BCUT2D eigenvalue weighted by atomic mass is 32.2. The summed E-state index contributed by atoms with van der Waals surface area (Å²) in [4.78, 5) is 17.2. The maximum absolute atomic E-state index is 10.5. The maximum atomic E-state index is 10.5. The van der Waals surface area contributed by atoms with Gasteiger partial charge in [-0.2, -0.15) is 11.8 Å². The molecule has 7 nitrogen and oxygen atoms in total. The summed E-state index contributed by atoms with van der Waals surface area (Å²) in [6.07, 6.45) is 7.69. The summed E-state index contributed by atoms with van der Waals surface area (Å²) in [6, 6.07) is 0. The third kappa shape index (κ3) is 6.72. The Morgan fingerprint density at radius 1 is 1.71 bits per heavy atom. The van der Waals surface area contributed by atoms with E-state index in [1.807, 2.05) is 13.8 Å². The number of hydrogen-bond acceptors (Lipinski definition) is 6. The molecule has 0 aliphatic heterocycles. The maximum Gasteiger partial charge on any atom is 0.274 e. The third-order valence-electron chi connectivity index (χ3n) is 2.64. The van der Waals surface area contributed by atoms with Gasteiger partial charge in [0.25, 0.3) is 6.20 Å². The molecule has 21 heavy (non-hydrogen) atoms. The minimum Gasteiger partial charge on any atom is -0.366 e. The van der Waals surface area contributed by atoms with Crippen molar-refractivity contribution in [1.29, 1.82) is 0 Å². The highest BCUT2D eigenvalue weighted by molar-refractivity contribution is 7.99. The van der Waals surface area contributed by atoms with Crippen molar-refractivity contribution >= 4 is 11.8 Å². The number of aromatic amines is 1. The fourth-order valence-corrected chi connectivity index (χ4v) is 2.42. The van der Waals surface area contributed by atoms with Crippen LogP contribution in [0.15, 0.2) is 18.3 Å². The molecule has 0 amide bonds. The lowest BCUT2D eigenvalue weighted by molar-refractivity contribution is -0.404. The van der Waals surface area contributed by atoms with Gasteiger partial charge in [-0.15, -0.1) is 6.42 Å². The predicted octanol–water partition coefficient (Wildman–Crippen LogP) is 1.23. The van der Waals surface area contributed by atoms with Crippen LogP contribution in [0.4, 0.5) is 0 Å². The van der Waals surface area contributed by atoms with Crippen molar-refractivity contribution < 1.29 is 4.92 Å². The molecule has 0 spiro atoms. The van der Waals surface area contributed by atoms with E-state index in [1.54, 1.807) is 18.1 Å². The molecule has 1 unspecified atom stereocenters. The van der Waals surface area contributed by atoms with Gasteiger partial charge in [-0.25, -0.2) is 4.98 Å². The molecule has 0 aliphatic carbocycles. The lowest BCUT2D eigenvalue weighted by Crippen LogP contribution is -2.31. The van der Waals surface area contributed by atoms with Gasteiger partial charge in [0.15, 0.2) is 5.82 Å². The van der Waals surface area contributed by atoms with Crippen LogP contribution in [-0.2, 0) is 5.75 Å². The second-order valence-corrected chi connectivity index (χ2v) is 5.78. The third-order valence-corrected chi connectivity index (χ3v) is 3.83. The summed E-state index contributed by atoms with van der Waals surface area (Å²) in [7, 11) is 0. The zero-order valence-electron chi connectivity index (χ0n) is 12.0. The van der Waals surface area contributed by atoms with Crippen molar-refractivity contribution in [2.45, 2.75) is 24.9 Å². The highest BCUT2D eigenvalue weighted by Gasteiger charge is 2.08. The van der Waals surface area contributed by atoms with Crippen molar-refractivity contribution in [2.24, 2.45) is 0 Å². The minimum absolute atomic E-state index is 0.238. The monoisotopic (exact) mass is 309 g/mol. The van der Waals surface area contributed by atoms with Gasteiger partial charge in [-0.05, 0) is 6.92 Å². The van der Waals surface area contributed by atoms with Crippen LogP contribution >= 0.6 is 11.8 Å². The molecule has 1 heterocycles. The fourth-order valence-electron chi connectivity index (χ4n) is 1.48. The molecular formula is C13H19N5O2S. The molecule has 0 fully saturated rings. The Kier molecular flexibility index (Phi) is 7.18. The van der Waals surface area contributed by atoms with Gasteiger partial charge in [-0.3, -0.25) is 10.1 Å². The lowest BCUT2D eigenvalue weighted by atomic mass is 10.4. The summed E-state index contributed by atoms with van der Waals surface area (Å²) < 4.78 is 0. The zero-order valence-corrected chi connectivity index (χ0v) is 12.9. The number of nitrogens with zero attached hydrogens (tertiary/aromatic N) is 2. The molecule has 8 heteroatoms. The van der Waals surface area contributed by atoms with Gasteiger partial charge in [0.2, 0.25) is 0 Å². The SMILES string of the molecule is C#CCN/C(=C/[N+](=O)[O-])NCC(C)SCc1[nH]cnc1C. The normalized spacial score (nSPS) is 12.5. The van der Waals surface area contributed by atoms with Gasteiger partial charge >= 0.3 is 0 Å². The molecule has 0 bridgehead atoms. The van der Waals surface area contributed by atoms with Crippen LogP contribution in [0, 0.1) is 29.4 Å². The second-order valence-electron chi connectivity index (χ2n) is 4.35. The van der Waals surface area contributed by atoms with Gasteiger partial charge in [-0.1, -0.05) is 12.8 Å². The number of nitrogens with one attached hydrogen (secondary N) is 3.